The van der Waals surface area contributed by atoms with Gasteiger partial charge in [0.2, 0.25) is 4.96 Å². The third-order valence-corrected chi connectivity index (χ3v) is 3.94. The lowest BCUT2D eigenvalue weighted by Gasteiger charge is -2.09. The standard InChI is InChI=1S/C15H13N3O3S/c1-3-6-21-11-5-4-10(7-12(11)20-2)8-13-14(19)18-15(22-13)16-9-17-18/h3-5,7-9H,1,6H2,2H3/b13-8-. The summed E-state index contributed by atoms with van der Waals surface area (Å²) in [5, 5.41) is 3.89. The summed E-state index contributed by atoms with van der Waals surface area (Å²) in [6.45, 7) is 4.01. The van der Waals surface area contributed by atoms with Gasteiger partial charge in [0.15, 0.2) is 11.5 Å². The van der Waals surface area contributed by atoms with Crippen LogP contribution in [0.4, 0.5) is 0 Å². The highest BCUT2D eigenvalue weighted by molar-refractivity contribution is 7.15. The van der Waals surface area contributed by atoms with Crippen molar-refractivity contribution >= 4 is 22.4 Å². The highest BCUT2D eigenvalue weighted by Crippen LogP contribution is 2.28. The molecule has 0 radical (unpaired) electrons. The van der Waals surface area contributed by atoms with Crippen LogP contribution < -0.4 is 19.6 Å². The molecule has 22 heavy (non-hydrogen) atoms. The van der Waals surface area contributed by atoms with E-state index in [9.17, 15) is 4.79 Å². The van der Waals surface area contributed by atoms with Crippen molar-refractivity contribution in [1.29, 1.82) is 0 Å². The zero-order chi connectivity index (χ0) is 15.5. The van der Waals surface area contributed by atoms with E-state index in [0.29, 0.717) is 27.6 Å². The van der Waals surface area contributed by atoms with E-state index in [2.05, 4.69) is 16.7 Å². The predicted molar refractivity (Wildman–Crippen MR) is 84.6 cm³/mol. The van der Waals surface area contributed by atoms with Crippen LogP contribution in [0.5, 0.6) is 11.5 Å². The Morgan fingerprint density at radius 1 is 1.41 bits per heavy atom. The van der Waals surface area contributed by atoms with Gasteiger partial charge in [-0.2, -0.15) is 9.61 Å². The van der Waals surface area contributed by atoms with Crippen LogP contribution >= 0.6 is 11.3 Å². The van der Waals surface area contributed by atoms with E-state index in [0.717, 1.165) is 5.56 Å². The van der Waals surface area contributed by atoms with E-state index >= 15 is 0 Å². The lowest BCUT2D eigenvalue weighted by atomic mass is 10.2. The molecule has 0 bridgehead atoms. The van der Waals surface area contributed by atoms with E-state index < -0.39 is 0 Å². The molecule has 0 amide bonds. The fraction of sp³-hybridized carbons (Fsp3) is 0.133. The number of methoxy groups -OCH3 is 1. The molecule has 0 saturated heterocycles. The lowest BCUT2D eigenvalue weighted by Crippen LogP contribution is -2.23. The first kappa shape index (κ1) is 14.3. The topological polar surface area (TPSA) is 65.7 Å². The second kappa shape index (κ2) is 5.98. The average Bonchev–Trinajstić information content (AvgIpc) is 3.10. The molecule has 0 spiro atoms. The molecule has 112 valence electrons. The third-order valence-electron chi connectivity index (χ3n) is 2.96. The normalized spacial score (nSPS) is 11.8. The van der Waals surface area contributed by atoms with Crippen molar-refractivity contribution in [3.05, 3.63) is 57.6 Å². The summed E-state index contributed by atoms with van der Waals surface area (Å²) in [7, 11) is 1.57. The number of thiazole rings is 1. The Hall–Kier alpha value is -2.67. The van der Waals surface area contributed by atoms with E-state index in [-0.39, 0.29) is 5.56 Å². The fourth-order valence-electron chi connectivity index (χ4n) is 1.97. The van der Waals surface area contributed by atoms with Gasteiger partial charge in [-0.1, -0.05) is 30.1 Å². The van der Waals surface area contributed by atoms with Crippen molar-refractivity contribution in [2.24, 2.45) is 0 Å². The van der Waals surface area contributed by atoms with Gasteiger partial charge in [0.1, 0.15) is 12.9 Å². The van der Waals surface area contributed by atoms with Crippen molar-refractivity contribution in [1.82, 2.24) is 14.6 Å². The molecule has 0 aliphatic carbocycles. The first-order valence-electron chi connectivity index (χ1n) is 6.49. The number of hydrogen-bond acceptors (Lipinski definition) is 6. The number of rotatable bonds is 5. The molecule has 3 aromatic rings. The molecular formula is C15H13N3O3S. The van der Waals surface area contributed by atoms with Gasteiger partial charge < -0.3 is 9.47 Å². The summed E-state index contributed by atoms with van der Waals surface area (Å²) >= 11 is 1.29. The van der Waals surface area contributed by atoms with Gasteiger partial charge in [0.25, 0.3) is 5.56 Å². The van der Waals surface area contributed by atoms with Crippen LogP contribution in [0, 0.1) is 0 Å². The summed E-state index contributed by atoms with van der Waals surface area (Å²) in [6.07, 6.45) is 4.81. The average molecular weight is 315 g/mol. The number of hydrogen-bond donors (Lipinski definition) is 0. The van der Waals surface area contributed by atoms with Gasteiger partial charge in [-0.3, -0.25) is 4.79 Å². The maximum Gasteiger partial charge on any atom is 0.291 e. The molecule has 2 heterocycles. The van der Waals surface area contributed by atoms with Gasteiger partial charge in [-0.25, -0.2) is 4.98 Å². The van der Waals surface area contributed by atoms with Crippen LogP contribution in [-0.2, 0) is 0 Å². The Labute approximate surface area is 129 Å². The van der Waals surface area contributed by atoms with Gasteiger partial charge in [-0.05, 0) is 23.8 Å². The summed E-state index contributed by atoms with van der Waals surface area (Å²) in [6, 6.07) is 5.47. The number of ether oxygens (including phenoxy) is 2. The van der Waals surface area contributed by atoms with E-state index in [1.54, 1.807) is 25.3 Å². The van der Waals surface area contributed by atoms with Crippen molar-refractivity contribution in [3.8, 4) is 11.5 Å². The van der Waals surface area contributed by atoms with E-state index in [4.69, 9.17) is 9.47 Å². The Morgan fingerprint density at radius 3 is 3.00 bits per heavy atom. The minimum absolute atomic E-state index is 0.177. The maximum atomic E-state index is 12.1. The number of nitrogens with zero attached hydrogens (tertiary/aromatic N) is 3. The van der Waals surface area contributed by atoms with Crippen LogP contribution in [0.15, 0.2) is 42.0 Å². The molecule has 0 unspecified atom stereocenters. The summed E-state index contributed by atoms with van der Waals surface area (Å²) in [5.74, 6) is 1.23. The minimum Gasteiger partial charge on any atom is -0.493 e. The largest absolute Gasteiger partial charge is 0.493 e. The first-order valence-corrected chi connectivity index (χ1v) is 7.30. The zero-order valence-corrected chi connectivity index (χ0v) is 12.7. The van der Waals surface area contributed by atoms with Gasteiger partial charge >= 0.3 is 0 Å². The molecule has 0 saturated carbocycles. The zero-order valence-electron chi connectivity index (χ0n) is 11.9. The first-order chi connectivity index (χ1) is 10.7. The predicted octanol–water partition coefficient (Wildman–Crippen LogP) is 1.27. The van der Waals surface area contributed by atoms with Crippen molar-refractivity contribution in [2.75, 3.05) is 13.7 Å². The van der Waals surface area contributed by atoms with Crippen LogP contribution in [-0.4, -0.2) is 28.3 Å². The van der Waals surface area contributed by atoms with Crippen molar-refractivity contribution in [3.63, 3.8) is 0 Å². The minimum atomic E-state index is -0.177. The monoisotopic (exact) mass is 315 g/mol. The van der Waals surface area contributed by atoms with Crippen LogP contribution in [0.3, 0.4) is 0 Å². The molecule has 3 rings (SSSR count). The van der Waals surface area contributed by atoms with Crippen LogP contribution in [0.25, 0.3) is 11.0 Å². The third kappa shape index (κ3) is 2.58. The lowest BCUT2D eigenvalue weighted by molar-refractivity contribution is 0.326. The summed E-state index contributed by atoms with van der Waals surface area (Å²) in [5.41, 5.74) is 0.660. The molecule has 0 atom stereocenters. The Bertz CT molecular complexity index is 929. The molecular weight excluding hydrogens is 302 g/mol. The highest BCUT2D eigenvalue weighted by Gasteiger charge is 2.07. The van der Waals surface area contributed by atoms with Gasteiger partial charge in [0.05, 0.1) is 11.6 Å². The summed E-state index contributed by atoms with van der Waals surface area (Å²) in [4.78, 5) is 16.7. The Morgan fingerprint density at radius 2 is 2.27 bits per heavy atom. The second-order valence-electron chi connectivity index (χ2n) is 4.38. The van der Waals surface area contributed by atoms with E-state index in [1.165, 1.54) is 22.2 Å². The molecule has 2 aromatic heterocycles. The molecule has 0 N–H and O–H groups in total. The highest BCUT2D eigenvalue weighted by atomic mass is 32.1. The van der Waals surface area contributed by atoms with Crippen LogP contribution in [0.2, 0.25) is 0 Å². The number of fused-ring (bicyclic) bond motifs is 1. The SMILES string of the molecule is C=CCOc1ccc(/C=c2\sc3ncnn3c2=O)cc1OC. The molecule has 1 aromatic carbocycles. The maximum absolute atomic E-state index is 12.1. The van der Waals surface area contributed by atoms with E-state index in [1.807, 2.05) is 12.1 Å². The van der Waals surface area contributed by atoms with Gasteiger partial charge in [0, 0.05) is 0 Å². The van der Waals surface area contributed by atoms with Crippen molar-refractivity contribution < 1.29 is 9.47 Å². The number of aromatic nitrogens is 3. The summed E-state index contributed by atoms with van der Waals surface area (Å²) < 4.78 is 12.7. The Kier molecular flexibility index (Phi) is 3.88. The molecule has 0 fully saturated rings. The smallest absolute Gasteiger partial charge is 0.291 e. The fourth-order valence-corrected chi connectivity index (χ4v) is 2.85. The molecule has 0 aliphatic heterocycles. The Balaban J connectivity index is 2.03. The molecule has 0 aliphatic rings. The van der Waals surface area contributed by atoms with Gasteiger partial charge in [-0.15, -0.1) is 0 Å². The molecule has 7 heteroatoms. The van der Waals surface area contributed by atoms with Crippen molar-refractivity contribution in [2.45, 2.75) is 0 Å². The molecule has 6 nitrogen and oxygen atoms in total. The number of benzene rings is 1. The second-order valence-corrected chi connectivity index (χ2v) is 5.39. The quantitative estimate of drug-likeness (QED) is 0.664. The van der Waals surface area contributed by atoms with Crippen LogP contribution in [0.1, 0.15) is 5.56 Å².